The molecule has 1 aliphatic rings. The number of H-pyrrole nitrogens is 1. The van der Waals surface area contributed by atoms with Crippen molar-refractivity contribution in [2.45, 2.75) is 18.8 Å². The highest BCUT2D eigenvalue weighted by atomic mass is 16.2. The molecule has 3 aromatic rings. The van der Waals surface area contributed by atoms with Crippen molar-refractivity contribution in [3.63, 3.8) is 0 Å². The monoisotopic (exact) mass is 334 g/mol. The predicted octanol–water partition coefficient (Wildman–Crippen LogP) is 3.44. The van der Waals surface area contributed by atoms with Crippen molar-refractivity contribution in [1.82, 2.24) is 19.7 Å². The highest BCUT2D eigenvalue weighted by molar-refractivity contribution is 5.92. The number of aromatic nitrogens is 3. The van der Waals surface area contributed by atoms with Crippen molar-refractivity contribution in [3.8, 4) is 11.3 Å². The summed E-state index contributed by atoms with van der Waals surface area (Å²) in [6.07, 6.45) is 4.00. The van der Waals surface area contributed by atoms with Gasteiger partial charge < -0.3 is 9.47 Å². The molecule has 4 rings (SSSR count). The van der Waals surface area contributed by atoms with Gasteiger partial charge in [-0.25, -0.2) is 0 Å². The molecule has 0 aliphatic carbocycles. The van der Waals surface area contributed by atoms with E-state index in [-0.39, 0.29) is 5.91 Å². The van der Waals surface area contributed by atoms with E-state index in [2.05, 4.69) is 28.4 Å². The third-order valence-electron chi connectivity index (χ3n) is 4.98. The van der Waals surface area contributed by atoms with Crippen molar-refractivity contribution in [3.05, 3.63) is 66.1 Å². The molecule has 3 heterocycles. The highest BCUT2D eigenvalue weighted by Crippen LogP contribution is 2.29. The fraction of sp³-hybridized carbons (Fsp3) is 0.300. The Bertz CT molecular complexity index is 865. The van der Waals surface area contributed by atoms with E-state index in [1.807, 2.05) is 53.0 Å². The van der Waals surface area contributed by atoms with Crippen LogP contribution in [0.3, 0.4) is 0 Å². The Kier molecular flexibility index (Phi) is 4.14. The Balaban J connectivity index is 1.51. The van der Waals surface area contributed by atoms with Crippen LogP contribution in [-0.4, -0.2) is 38.7 Å². The Morgan fingerprint density at radius 1 is 1.20 bits per heavy atom. The van der Waals surface area contributed by atoms with Crippen molar-refractivity contribution < 1.29 is 4.79 Å². The SMILES string of the molecule is Cn1cccc1C(=O)N1CCC[C@H](c2cc(-c3ccccc3)n[nH]2)C1. The summed E-state index contributed by atoms with van der Waals surface area (Å²) in [5.74, 6) is 0.419. The summed E-state index contributed by atoms with van der Waals surface area (Å²) in [6, 6.07) is 16.1. The molecular formula is C20H22N4O. The molecule has 128 valence electrons. The number of aryl methyl sites for hydroxylation is 1. The number of benzene rings is 1. The Hall–Kier alpha value is -2.82. The molecule has 1 aromatic carbocycles. The number of amides is 1. The fourth-order valence-electron chi connectivity index (χ4n) is 3.56. The fourth-order valence-corrected chi connectivity index (χ4v) is 3.56. The van der Waals surface area contributed by atoms with Gasteiger partial charge in [0.15, 0.2) is 0 Å². The number of rotatable bonds is 3. The van der Waals surface area contributed by atoms with E-state index < -0.39 is 0 Å². The van der Waals surface area contributed by atoms with E-state index in [9.17, 15) is 4.79 Å². The number of piperidine rings is 1. The number of hydrogen-bond donors (Lipinski definition) is 1. The molecule has 0 saturated carbocycles. The maximum atomic E-state index is 12.8. The van der Waals surface area contributed by atoms with Gasteiger partial charge in [0.1, 0.15) is 5.69 Å². The molecule has 0 unspecified atom stereocenters. The molecule has 5 nitrogen and oxygen atoms in total. The summed E-state index contributed by atoms with van der Waals surface area (Å²) >= 11 is 0. The predicted molar refractivity (Wildman–Crippen MR) is 97.3 cm³/mol. The minimum Gasteiger partial charge on any atom is -0.347 e. The van der Waals surface area contributed by atoms with E-state index in [0.717, 1.165) is 48.6 Å². The second-order valence-electron chi connectivity index (χ2n) is 6.67. The first-order valence-corrected chi connectivity index (χ1v) is 8.73. The first-order valence-electron chi connectivity index (χ1n) is 8.73. The minimum atomic E-state index is 0.111. The van der Waals surface area contributed by atoms with E-state index >= 15 is 0 Å². The standard InChI is InChI=1S/C20H22N4O/c1-23-11-6-10-19(23)20(25)24-12-5-9-16(14-24)18-13-17(21-22-18)15-7-3-2-4-8-15/h2-4,6-8,10-11,13,16H,5,9,12,14H2,1H3,(H,21,22)/t16-/m0/s1. The van der Waals surface area contributed by atoms with Crippen molar-refractivity contribution >= 4 is 5.91 Å². The van der Waals surface area contributed by atoms with Crippen molar-refractivity contribution in [1.29, 1.82) is 0 Å². The Labute approximate surface area is 147 Å². The topological polar surface area (TPSA) is 53.9 Å². The van der Waals surface area contributed by atoms with Crippen LogP contribution in [0.25, 0.3) is 11.3 Å². The Morgan fingerprint density at radius 2 is 2.04 bits per heavy atom. The first kappa shape index (κ1) is 15.7. The number of carbonyl (C=O) groups excluding carboxylic acids is 1. The minimum absolute atomic E-state index is 0.111. The summed E-state index contributed by atoms with van der Waals surface area (Å²) in [5.41, 5.74) is 3.93. The maximum Gasteiger partial charge on any atom is 0.270 e. The smallest absolute Gasteiger partial charge is 0.270 e. The molecule has 1 saturated heterocycles. The molecule has 1 amide bonds. The molecule has 1 aliphatic heterocycles. The lowest BCUT2D eigenvalue weighted by Gasteiger charge is -2.32. The third-order valence-corrected chi connectivity index (χ3v) is 4.98. The molecule has 1 fully saturated rings. The second kappa shape index (κ2) is 6.59. The molecule has 5 heteroatoms. The molecule has 0 spiro atoms. The number of nitrogens with one attached hydrogen (secondary N) is 1. The molecule has 1 atom stereocenters. The van der Waals surface area contributed by atoms with Gasteiger partial charge in [-0.2, -0.15) is 5.10 Å². The molecule has 1 N–H and O–H groups in total. The molecule has 2 aromatic heterocycles. The third kappa shape index (κ3) is 3.09. The molecule has 25 heavy (non-hydrogen) atoms. The van der Waals surface area contributed by atoms with E-state index in [1.54, 1.807) is 0 Å². The van der Waals surface area contributed by atoms with Gasteiger partial charge in [0, 0.05) is 43.5 Å². The lowest BCUT2D eigenvalue weighted by Crippen LogP contribution is -2.39. The van der Waals surface area contributed by atoms with E-state index in [4.69, 9.17) is 0 Å². The van der Waals surface area contributed by atoms with Gasteiger partial charge >= 0.3 is 0 Å². The number of aromatic amines is 1. The lowest BCUT2D eigenvalue weighted by atomic mass is 9.94. The largest absolute Gasteiger partial charge is 0.347 e. The second-order valence-corrected chi connectivity index (χ2v) is 6.67. The normalized spacial score (nSPS) is 17.6. The summed E-state index contributed by atoms with van der Waals surface area (Å²) in [7, 11) is 1.91. The van der Waals surface area contributed by atoms with Crippen molar-refractivity contribution in [2.24, 2.45) is 7.05 Å². The summed E-state index contributed by atoms with van der Waals surface area (Å²) in [6.45, 7) is 1.56. The summed E-state index contributed by atoms with van der Waals surface area (Å²) in [5, 5.41) is 7.65. The number of hydrogen-bond acceptors (Lipinski definition) is 2. The van der Waals surface area contributed by atoms with Crippen molar-refractivity contribution in [2.75, 3.05) is 13.1 Å². The van der Waals surface area contributed by atoms with Crippen LogP contribution in [0.5, 0.6) is 0 Å². The molecule has 0 bridgehead atoms. The van der Waals surface area contributed by atoms with Gasteiger partial charge in [-0.05, 0) is 31.0 Å². The lowest BCUT2D eigenvalue weighted by molar-refractivity contribution is 0.0696. The van der Waals surface area contributed by atoms with Crippen LogP contribution in [0.1, 0.15) is 34.9 Å². The van der Waals surface area contributed by atoms with Crippen LogP contribution in [0, 0.1) is 0 Å². The van der Waals surface area contributed by atoms with Gasteiger partial charge in [0.2, 0.25) is 0 Å². The quantitative estimate of drug-likeness (QED) is 0.798. The number of carbonyl (C=O) groups is 1. The zero-order chi connectivity index (χ0) is 17.2. The van der Waals surface area contributed by atoms with Crippen LogP contribution in [0.15, 0.2) is 54.7 Å². The number of nitrogens with zero attached hydrogens (tertiary/aromatic N) is 3. The zero-order valence-electron chi connectivity index (χ0n) is 14.4. The van der Waals surface area contributed by atoms with E-state index in [1.165, 1.54) is 0 Å². The van der Waals surface area contributed by atoms with Gasteiger partial charge in [-0.15, -0.1) is 0 Å². The van der Waals surface area contributed by atoms with Gasteiger partial charge in [-0.3, -0.25) is 9.89 Å². The van der Waals surface area contributed by atoms with Crippen LogP contribution in [0.2, 0.25) is 0 Å². The first-order chi connectivity index (χ1) is 12.2. The number of likely N-dealkylation sites (tertiary alicyclic amines) is 1. The van der Waals surface area contributed by atoms with Crippen LogP contribution < -0.4 is 0 Å². The summed E-state index contributed by atoms with van der Waals surface area (Å²) in [4.78, 5) is 14.7. The van der Waals surface area contributed by atoms with Crippen LogP contribution >= 0.6 is 0 Å². The Morgan fingerprint density at radius 3 is 2.80 bits per heavy atom. The van der Waals surface area contributed by atoms with Gasteiger partial charge in [-0.1, -0.05) is 30.3 Å². The summed E-state index contributed by atoms with van der Waals surface area (Å²) < 4.78 is 1.88. The van der Waals surface area contributed by atoms with Gasteiger partial charge in [0.05, 0.1) is 5.69 Å². The molecular weight excluding hydrogens is 312 g/mol. The maximum absolute atomic E-state index is 12.8. The van der Waals surface area contributed by atoms with Crippen LogP contribution in [0.4, 0.5) is 0 Å². The average Bonchev–Trinajstić information content (AvgIpc) is 3.31. The van der Waals surface area contributed by atoms with Crippen LogP contribution in [-0.2, 0) is 7.05 Å². The molecule has 0 radical (unpaired) electrons. The van der Waals surface area contributed by atoms with Gasteiger partial charge in [0.25, 0.3) is 5.91 Å². The average molecular weight is 334 g/mol. The van der Waals surface area contributed by atoms with E-state index in [0.29, 0.717) is 5.92 Å². The highest BCUT2D eigenvalue weighted by Gasteiger charge is 2.27. The zero-order valence-corrected chi connectivity index (χ0v) is 14.4.